The van der Waals surface area contributed by atoms with Crippen LogP contribution in [0, 0.1) is 17.1 Å². The van der Waals surface area contributed by atoms with Crippen molar-refractivity contribution in [3.8, 4) is 6.07 Å². The summed E-state index contributed by atoms with van der Waals surface area (Å²) in [6, 6.07) is 3.40. The van der Waals surface area contributed by atoms with E-state index in [0.717, 1.165) is 6.07 Å². The summed E-state index contributed by atoms with van der Waals surface area (Å²) < 4.78 is 49.7. The maximum Gasteiger partial charge on any atom is 0.419 e. The molecule has 1 rings (SSSR count). The Balaban J connectivity index is 0.00000256. The molecule has 0 fully saturated rings. The highest BCUT2D eigenvalue weighted by Gasteiger charge is 2.34. The lowest BCUT2D eigenvalue weighted by Crippen LogP contribution is -2.12. The van der Waals surface area contributed by atoms with Crippen molar-refractivity contribution in [3.63, 3.8) is 0 Å². The second-order valence-electron chi connectivity index (χ2n) is 3.21. The van der Waals surface area contributed by atoms with Gasteiger partial charge in [0.05, 0.1) is 18.1 Å². The molecule has 0 unspecified atom stereocenters. The van der Waals surface area contributed by atoms with E-state index >= 15 is 0 Å². The number of nitrogens with two attached hydrogens (primary N) is 1. The summed E-state index contributed by atoms with van der Waals surface area (Å²) >= 11 is 0. The Bertz CT molecular complexity index is 425. The minimum absolute atomic E-state index is 0. The second kappa shape index (κ2) is 5.84. The molecule has 0 heterocycles. The number of nitrogens with zero attached hydrogens (tertiary/aromatic N) is 1. The minimum atomic E-state index is -4.72. The predicted octanol–water partition coefficient (Wildman–Crippen LogP) is 3.18. The maximum absolute atomic E-state index is 13.1. The van der Waals surface area contributed by atoms with Crippen LogP contribution >= 0.6 is 12.4 Å². The van der Waals surface area contributed by atoms with E-state index in [4.69, 9.17) is 11.0 Å². The zero-order chi connectivity index (χ0) is 12.3. The Morgan fingerprint density at radius 1 is 1.35 bits per heavy atom. The van der Waals surface area contributed by atoms with Gasteiger partial charge in [0.25, 0.3) is 0 Å². The van der Waals surface area contributed by atoms with Gasteiger partial charge in [0.1, 0.15) is 5.82 Å². The van der Waals surface area contributed by atoms with Crippen molar-refractivity contribution in [2.24, 2.45) is 5.73 Å². The van der Waals surface area contributed by atoms with Gasteiger partial charge in [-0.1, -0.05) is 6.07 Å². The summed E-state index contributed by atoms with van der Waals surface area (Å²) in [7, 11) is 0. The third-order valence-electron chi connectivity index (χ3n) is 2.04. The molecule has 0 spiro atoms. The number of hydrogen-bond donors (Lipinski definition) is 1. The number of halogens is 5. The summed E-state index contributed by atoms with van der Waals surface area (Å²) in [6.07, 6.45) is -4.80. The molecule has 7 heteroatoms. The Kier molecular flexibility index (Phi) is 5.39. The lowest BCUT2D eigenvalue weighted by molar-refractivity contribution is -0.140. The summed E-state index contributed by atoms with van der Waals surface area (Å²) in [5.41, 5.74) is 4.30. The highest BCUT2D eigenvalue weighted by Crippen LogP contribution is 2.32. The molecule has 0 aromatic heterocycles. The van der Waals surface area contributed by atoms with Crippen molar-refractivity contribution in [1.29, 1.82) is 5.26 Å². The Morgan fingerprint density at radius 2 is 1.94 bits per heavy atom. The molecule has 1 atom stereocenters. The molecule has 0 aliphatic rings. The van der Waals surface area contributed by atoms with E-state index in [1.54, 1.807) is 6.07 Å². The first kappa shape index (κ1) is 15.7. The Morgan fingerprint density at radius 3 is 2.35 bits per heavy atom. The summed E-state index contributed by atoms with van der Waals surface area (Å²) in [6.45, 7) is 0. The molecular formula is C10H9ClF4N2. The van der Waals surface area contributed by atoms with E-state index in [9.17, 15) is 17.6 Å². The van der Waals surface area contributed by atoms with Gasteiger partial charge in [0.2, 0.25) is 0 Å². The fraction of sp³-hybridized carbons (Fsp3) is 0.300. The van der Waals surface area contributed by atoms with Gasteiger partial charge in [-0.15, -0.1) is 12.4 Å². The number of benzene rings is 1. The average Bonchev–Trinajstić information content (AvgIpc) is 2.16. The molecule has 0 saturated carbocycles. The maximum atomic E-state index is 13.1. The van der Waals surface area contributed by atoms with Gasteiger partial charge in [-0.05, 0) is 17.7 Å². The molecule has 0 radical (unpaired) electrons. The minimum Gasteiger partial charge on any atom is -0.323 e. The molecular weight excluding hydrogens is 260 g/mol. The van der Waals surface area contributed by atoms with Gasteiger partial charge in [-0.3, -0.25) is 0 Å². The number of alkyl halides is 3. The van der Waals surface area contributed by atoms with E-state index in [1.807, 2.05) is 0 Å². The standard InChI is InChI=1S/C10H8F4N2.ClH/c11-8-5-6(9(16)3-4-15)1-2-7(8)10(12,13)14;/h1-2,5,9H,3,16H2;1H/t9-;/m0./s1. The third-order valence-corrected chi connectivity index (χ3v) is 2.04. The first-order valence-corrected chi connectivity index (χ1v) is 4.35. The molecule has 94 valence electrons. The first-order chi connectivity index (χ1) is 7.36. The van der Waals surface area contributed by atoms with Crippen molar-refractivity contribution in [2.75, 3.05) is 0 Å². The van der Waals surface area contributed by atoms with Crippen LogP contribution < -0.4 is 5.73 Å². The van der Waals surface area contributed by atoms with Crippen LogP contribution in [0.5, 0.6) is 0 Å². The van der Waals surface area contributed by atoms with Gasteiger partial charge >= 0.3 is 6.18 Å². The van der Waals surface area contributed by atoms with Crippen LogP contribution in [0.1, 0.15) is 23.6 Å². The highest BCUT2D eigenvalue weighted by molar-refractivity contribution is 5.85. The fourth-order valence-electron chi connectivity index (χ4n) is 1.21. The van der Waals surface area contributed by atoms with Crippen LogP contribution in [0.2, 0.25) is 0 Å². The van der Waals surface area contributed by atoms with Crippen molar-refractivity contribution in [1.82, 2.24) is 0 Å². The largest absolute Gasteiger partial charge is 0.419 e. The molecule has 0 bridgehead atoms. The number of rotatable bonds is 2. The Labute approximate surface area is 101 Å². The molecule has 0 saturated heterocycles. The van der Waals surface area contributed by atoms with Crippen LogP contribution in [0.15, 0.2) is 18.2 Å². The molecule has 0 amide bonds. The average molecular weight is 269 g/mol. The Hall–Kier alpha value is -1.32. The van der Waals surface area contributed by atoms with Crippen LogP contribution in [0.3, 0.4) is 0 Å². The van der Waals surface area contributed by atoms with E-state index in [1.165, 1.54) is 0 Å². The van der Waals surface area contributed by atoms with Crippen LogP contribution in [-0.2, 0) is 6.18 Å². The van der Waals surface area contributed by atoms with E-state index in [0.29, 0.717) is 12.1 Å². The van der Waals surface area contributed by atoms with Crippen molar-refractivity contribution < 1.29 is 17.6 Å². The molecule has 2 nitrogen and oxygen atoms in total. The quantitative estimate of drug-likeness (QED) is 0.838. The van der Waals surface area contributed by atoms with Gasteiger partial charge < -0.3 is 5.73 Å². The molecule has 0 aliphatic heterocycles. The molecule has 17 heavy (non-hydrogen) atoms. The normalized spacial score (nSPS) is 12.5. The van der Waals surface area contributed by atoms with E-state index < -0.39 is 23.6 Å². The van der Waals surface area contributed by atoms with Crippen molar-refractivity contribution in [2.45, 2.75) is 18.6 Å². The lowest BCUT2D eigenvalue weighted by Gasteiger charge is -2.12. The summed E-state index contributed by atoms with van der Waals surface area (Å²) in [5, 5.41) is 8.35. The fourth-order valence-corrected chi connectivity index (χ4v) is 1.21. The third kappa shape index (κ3) is 3.88. The van der Waals surface area contributed by atoms with Gasteiger partial charge in [-0.2, -0.15) is 18.4 Å². The zero-order valence-corrected chi connectivity index (χ0v) is 9.28. The SMILES string of the molecule is Cl.N#CC[C@H](N)c1ccc(C(F)(F)F)c(F)c1. The van der Waals surface area contributed by atoms with Gasteiger partial charge in [0.15, 0.2) is 0 Å². The van der Waals surface area contributed by atoms with Crippen LogP contribution in [-0.4, -0.2) is 0 Å². The van der Waals surface area contributed by atoms with Gasteiger partial charge in [0, 0.05) is 6.04 Å². The van der Waals surface area contributed by atoms with Crippen LogP contribution in [0.25, 0.3) is 0 Å². The number of hydrogen-bond acceptors (Lipinski definition) is 2. The molecule has 1 aromatic carbocycles. The molecule has 0 aliphatic carbocycles. The summed E-state index contributed by atoms with van der Waals surface area (Å²) in [5.74, 6) is -1.38. The number of nitriles is 1. The monoisotopic (exact) mass is 268 g/mol. The van der Waals surface area contributed by atoms with Crippen LogP contribution in [0.4, 0.5) is 17.6 Å². The second-order valence-corrected chi connectivity index (χ2v) is 3.21. The van der Waals surface area contributed by atoms with Crippen molar-refractivity contribution >= 4 is 12.4 Å². The first-order valence-electron chi connectivity index (χ1n) is 4.35. The zero-order valence-electron chi connectivity index (χ0n) is 8.46. The topological polar surface area (TPSA) is 49.8 Å². The van der Waals surface area contributed by atoms with E-state index in [-0.39, 0.29) is 24.4 Å². The highest BCUT2D eigenvalue weighted by atomic mass is 35.5. The molecule has 2 N–H and O–H groups in total. The predicted molar refractivity (Wildman–Crippen MR) is 55.8 cm³/mol. The van der Waals surface area contributed by atoms with E-state index in [2.05, 4.69) is 0 Å². The smallest absolute Gasteiger partial charge is 0.323 e. The van der Waals surface area contributed by atoms with Crippen molar-refractivity contribution in [3.05, 3.63) is 35.1 Å². The van der Waals surface area contributed by atoms with Gasteiger partial charge in [-0.25, -0.2) is 4.39 Å². The summed E-state index contributed by atoms with van der Waals surface area (Å²) in [4.78, 5) is 0. The molecule has 1 aromatic rings. The lowest BCUT2D eigenvalue weighted by atomic mass is 10.0.